The van der Waals surface area contributed by atoms with Gasteiger partial charge in [0.25, 0.3) is 0 Å². The number of rotatable bonds is 4. The van der Waals surface area contributed by atoms with Crippen LogP contribution in [0.4, 0.5) is 23.1 Å². The summed E-state index contributed by atoms with van der Waals surface area (Å²) in [4.78, 5) is 38.0. The summed E-state index contributed by atoms with van der Waals surface area (Å²) >= 11 is 1.08. The third-order valence-corrected chi connectivity index (χ3v) is 6.10. The SMILES string of the molecule is Cc1nc(NC(=O)N2CCCC2C(N)=O)sc1-c1ccnc(C(C)(C)C(F)(F)F)n1. The molecule has 0 aromatic carbocycles. The number of amides is 3. The molecule has 12 heteroatoms. The molecule has 2 aromatic rings. The van der Waals surface area contributed by atoms with E-state index in [0.29, 0.717) is 30.0 Å². The molecule has 3 rings (SSSR count). The lowest BCUT2D eigenvalue weighted by Crippen LogP contribution is -2.45. The number of nitrogens with zero attached hydrogens (tertiary/aromatic N) is 4. The quantitative estimate of drug-likeness (QED) is 0.755. The minimum atomic E-state index is -4.51. The lowest BCUT2D eigenvalue weighted by Gasteiger charge is -2.26. The first-order valence-electron chi connectivity index (χ1n) is 9.17. The Kier molecular flexibility index (Phi) is 5.72. The van der Waals surface area contributed by atoms with Crippen LogP contribution in [0.25, 0.3) is 10.6 Å². The van der Waals surface area contributed by atoms with Crippen molar-refractivity contribution < 1.29 is 22.8 Å². The largest absolute Gasteiger partial charge is 0.400 e. The summed E-state index contributed by atoms with van der Waals surface area (Å²) in [5.41, 5.74) is 3.89. The van der Waals surface area contributed by atoms with E-state index < -0.39 is 29.6 Å². The highest BCUT2D eigenvalue weighted by atomic mass is 32.1. The van der Waals surface area contributed by atoms with Gasteiger partial charge in [-0.05, 0) is 39.7 Å². The van der Waals surface area contributed by atoms with Crippen LogP contribution in [0.5, 0.6) is 0 Å². The molecule has 1 atom stereocenters. The van der Waals surface area contributed by atoms with Crippen molar-refractivity contribution in [3.05, 3.63) is 23.8 Å². The van der Waals surface area contributed by atoms with Gasteiger partial charge >= 0.3 is 12.2 Å². The second-order valence-corrected chi connectivity index (χ2v) is 8.50. The summed E-state index contributed by atoms with van der Waals surface area (Å²) in [6.07, 6.45) is -2.07. The summed E-state index contributed by atoms with van der Waals surface area (Å²) in [6.45, 7) is 4.10. The van der Waals surface area contributed by atoms with E-state index in [-0.39, 0.29) is 16.6 Å². The molecule has 2 aromatic heterocycles. The molecule has 1 unspecified atom stereocenters. The molecule has 0 aliphatic carbocycles. The maximum Gasteiger partial charge on any atom is 0.400 e. The fourth-order valence-corrected chi connectivity index (χ4v) is 4.00. The number of carbonyl (C=O) groups is 2. The Morgan fingerprint density at radius 2 is 2.00 bits per heavy atom. The molecular formula is C18H21F3N6O2S. The van der Waals surface area contributed by atoms with Crippen molar-refractivity contribution in [1.82, 2.24) is 19.9 Å². The maximum atomic E-state index is 13.3. The van der Waals surface area contributed by atoms with Crippen LogP contribution in [0.3, 0.4) is 0 Å². The average Bonchev–Trinajstić information content (AvgIpc) is 3.28. The van der Waals surface area contributed by atoms with E-state index >= 15 is 0 Å². The number of thiazole rings is 1. The van der Waals surface area contributed by atoms with Gasteiger partial charge in [-0.25, -0.2) is 19.7 Å². The van der Waals surface area contributed by atoms with Crippen LogP contribution < -0.4 is 11.1 Å². The Labute approximate surface area is 174 Å². The molecular weight excluding hydrogens is 421 g/mol. The number of primary amides is 1. The molecule has 3 heterocycles. The second-order valence-electron chi connectivity index (χ2n) is 7.51. The maximum absolute atomic E-state index is 13.3. The van der Waals surface area contributed by atoms with Gasteiger partial charge in [0.2, 0.25) is 5.91 Å². The van der Waals surface area contributed by atoms with Crippen LogP contribution in [0.2, 0.25) is 0 Å². The van der Waals surface area contributed by atoms with Crippen molar-refractivity contribution in [3.8, 4) is 10.6 Å². The number of alkyl halides is 3. The molecule has 1 aliphatic rings. The molecule has 3 N–H and O–H groups in total. The van der Waals surface area contributed by atoms with Crippen molar-refractivity contribution >= 4 is 28.4 Å². The summed E-state index contributed by atoms with van der Waals surface area (Å²) in [6, 6.07) is 0.323. The Morgan fingerprint density at radius 1 is 1.30 bits per heavy atom. The van der Waals surface area contributed by atoms with Gasteiger partial charge in [0, 0.05) is 12.7 Å². The second kappa shape index (κ2) is 7.82. The highest BCUT2D eigenvalue weighted by Crippen LogP contribution is 2.40. The number of aryl methyl sites for hydroxylation is 1. The predicted octanol–water partition coefficient (Wildman–Crippen LogP) is 3.23. The van der Waals surface area contributed by atoms with E-state index in [1.54, 1.807) is 6.92 Å². The molecule has 30 heavy (non-hydrogen) atoms. The van der Waals surface area contributed by atoms with Gasteiger partial charge in [-0.1, -0.05) is 11.3 Å². The Morgan fingerprint density at radius 3 is 2.63 bits per heavy atom. The van der Waals surface area contributed by atoms with E-state index in [4.69, 9.17) is 5.73 Å². The Balaban J connectivity index is 1.84. The van der Waals surface area contributed by atoms with Gasteiger partial charge < -0.3 is 10.6 Å². The lowest BCUT2D eigenvalue weighted by molar-refractivity contribution is -0.182. The number of nitrogens with two attached hydrogens (primary N) is 1. The van der Waals surface area contributed by atoms with Crippen molar-refractivity contribution in [2.45, 2.75) is 51.2 Å². The van der Waals surface area contributed by atoms with Crippen LogP contribution >= 0.6 is 11.3 Å². The number of anilines is 1. The van der Waals surface area contributed by atoms with Crippen LogP contribution in [0, 0.1) is 6.92 Å². The highest BCUT2D eigenvalue weighted by Gasteiger charge is 2.50. The van der Waals surface area contributed by atoms with E-state index in [2.05, 4.69) is 20.3 Å². The number of likely N-dealkylation sites (tertiary alicyclic amines) is 1. The van der Waals surface area contributed by atoms with Gasteiger partial charge in [0.05, 0.1) is 16.3 Å². The van der Waals surface area contributed by atoms with Crippen molar-refractivity contribution in [2.24, 2.45) is 5.73 Å². The molecule has 0 spiro atoms. The standard InChI is InChI=1S/C18H21F3N6O2S/c1-9-12(10-6-7-23-14(25-10)17(2,3)18(19,20)21)30-15(24-9)26-16(29)27-8-4-5-11(27)13(22)28/h6-7,11H,4-5,8H2,1-3H3,(H2,22,28)(H,24,26,29). The van der Waals surface area contributed by atoms with E-state index in [9.17, 15) is 22.8 Å². The molecule has 1 aliphatic heterocycles. The number of halogens is 3. The Bertz CT molecular complexity index is 975. The first-order chi connectivity index (χ1) is 13.9. The van der Waals surface area contributed by atoms with Crippen LogP contribution in [-0.2, 0) is 10.2 Å². The van der Waals surface area contributed by atoms with Crippen molar-refractivity contribution in [1.29, 1.82) is 0 Å². The van der Waals surface area contributed by atoms with E-state index in [1.807, 2.05) is 0 Å². The van der Waals surface area contributed by atoms with Gasteiger partial charge in [-0.2, -0.15) is 13.2 Å². The Hall–Kier alpha value is -2.76. The predicted molar refractivity (Wildman–Crippen MR) is 105 cm³/mol. The van der Waals surface area contributed by atoms with Gasteiger partial charge in [-0.15, -0.1) is 0 Å². The molecule has 8 nitrogen and oxygen atoms in total. The summed E-state index contributed by atoms with van der Waals surface area (Å²) in [5.74, 6) is -0.924. The molecule has 1 saturated heterocycles. The fraction of sp³-hybridized carbons (Fsp3) is 0.500. The van der Waals surface area contributed by atoms with Gasteiger partial charge in [0.1, 0.15) is 17.3 Å². The smallest absolute Gasteiger partial charge is 0.368 e. The van der Waals surface area contributed by atoms with E-state index in [0.717, 1.165) is 25.2 Å². The number of hydrogen-bond donors (Lipinski definition) is 2. The van der Waals surface area contributed by atoms with E-state index in [1.165, 1.54) is 17.2 Å². The third kappa shape index (κ3) is 4.09. The van der Waals surface area contributed by atoms with Crippen LogP contribution in [0.15, 0.2) is 12.3 Å². The topological polar surface area (TPSA) is 114 Å². The molecule has 0 bridgehead atoms. The zero-order chi connectivity index (χ0) is 22.3. The molecule has 0 saturated carbocycles. The number of aromatic nitrogens is 3. The first kappa shape index (κ1) is 21.9. The minimum Gasteiger partial charge on any atom is -0.368 e. The van der Waals surface area contributed by atoms with Crippen LogP contribution in [0.1, 0.15) is 38.2 Å². The van der Waals surface area contributed by atoms with Gasteiger partial charge in [0.15, 0.2) is 5.13 Å². The minimum absolute atomic E-state index is 0.248. The first-order valence-corrected chi connectivity index (χ1v) is 9.98. The molecule has 0 radical (unpaired) electrons. The van der Waals surface area contributed by atoms with Crippen molar-refractivity contribution in [3.63, 3.8) is 0 Å². The molecule has 162 valence electrons. The van der Waals surface area contributed by atoms with Crippen LogP contribution in [-0.4, -0.2) is 50.6 Å². The highest BCUT2D eigenvalue weighted by molar-refractivity contribution is 7.19. The number of nitrogens with one attached hydrogen (secondary N) is 1. The number of urea groups is 1. The average molecular weight is 442 g/mol. The molecule has 1 fully saturated rings. The number of hydrogen-bond acceptors (Lipinski definition) is 6. The monoisotopic (exact) mass is 442 g/mol. The normalized spacial score (nSPS) is 17.3. The van der Waals surface area contributed by atoms with Crippen molar-refractivity contribution in [2.75, 3.05) is 11.9 Å². The van der Waals surface area contributed by atoms with Gasteiger partial charge in [-0.3, -0.25) is 10.1 Å². The third-order valence-electron chi connectivity index (χ3n) is 5.01. The summed E-state index contributed by atoms with van der Waals surface area (Å²) < 4.78 is 40.0. The zero-order valence-electron chi connectivity index (χ0n) is 16.6. The summed E-state index contributed by atoms with van der Waals surface area (Å²) in [5, 5.41) is 2.88. The lowest BCUT2D eigenvalue weighted by atomic mass is 9.91. The fourth-order valence-electron chi connectivity index (χ4n) is 3.07. The zero-order valence-corrected chi connectivity index (χ0v) is 17.4. The summed E-state index contributed by atoms with van der Waals surface area (Å²) in [7, 11) is 0. The number of carbonyl (C=O) groups excluding carboxylic acids is 2. The molecule has 3 amide bonds.